The molecule has 1 aliphatic rings. The van der Waals surface area contributed by atoms with Crippen molar-refractivity contribution in [3.05, 3.63) is 35.9 Å². The van der Waals surface area contributed by atoms with E-state index in [4.69, 9.17) is 4.74 Å². The number of rotatable bonds is 7. The van der Waals surface area contributed by atoms with Crippen LogP contribution in [0.5, 0.6) is 0 Å². The molecule has 0 unspecified atom stereocenters. The predicted octanol–water partition coefficient (Wildman–Crippen LogP) is 3.05. The summed E-state index contributed by atoms with van der Waals surface area (Å²) in [5, 5.41) is 6.91. The van der Waals surface area contributed by atoms with E-state index in [1.165, 1.54) is 5.56 Å². The summed E-state index contributed by atoms with van der Waals surface area (Å²) < 4.78 is 5.53. The van der Waals surface area contributed by atoms with E-state index < -0.39 is 0 Å². The maximum absolute atomic E-state index is 12.1. The van der Waals surface area contributed by atoms with Crippen LogP contribution in [0.4, 0.5) is 0 Å². The highest BCUT2D eigenvalue weighted by molar-refractivity contribution is 5.78. The lowest BCUT2D eigenvalue weighted by Crippen LogP contribution is -2.57. The van der Waals surface area contributed by atoms with Gasteiger partial charge in [-0.15, -0.1) is 0 Å². The molecule has 1 amide bonds. The van der Waals surface area contributed by atoms with E-state index in [-0.39, 0.29) is 23.4 Å². The zero-order valence-corrected chi connectivity index (χ0v) is 14.6. The number of amides is 1. The van der Waals surface area contributed by atoms with Crippen LogP contribution >= 0.6 is 0 Å². The van der Waals surface area contributed by atoms with E-state index in [0.717, 1.165) is 32.5 Å². The Hall–Kier alpha value is -1.39. The quantitative estimate of drug-likeness (QED) is 0.812. The molecule has 0 saturated carbocycles. The second-order valence-corrected chi connectivity index (χ2v) is 6.70. The molecule has 2 N–H and O–H groups in total. The molecule has 1 aromatic rings. The van der Waals surface area contributed by atoms with Gasteiger partial charge in [-0.2, -0.15) is 0 Å². The zero-order chi connectivity index (χ0) is 16.7. The van der Waals surface area contributed by atoms with Gasteiger partial charge in [0.1, 0.15) is 0 Å². The monoisotopic (exact) mass is 318 g/mol. The van der Waals surface area contributed by atoms with Crippen LogP contribution in [-0.2, 0) is 9.53 Å². The molecule has 0 radical (unpaired) electrons. The molecule has 4 nitrogen and oxygen atoms in total. The van der Waals surface area contributed by atoms with Crippen molar-refractivity contribution < 1.29 is 9.53 Å². The van der Waals surface area contributed by atoms with Crippen molar-refractivity contribution in [2.24, 2.45) is 5.92 Å². The molecular formula is C19H30N2O2. The molecule has 2 atom stereocenters. The molecular weight excluding hydrogens is 288 g/mol. The van der Waals surface area contributed by atoms with Gasteiger partial charge < -0.3 is 15.4 Å². The van der Waals surface area contributed by atoms with E-state index >= 15 is 0 Å². The summed E-state index contributed by atoms with van der Waals surface area (Å²) in [5.41, 5.74) is 1.18. The van der Waals surface area contributed by atoms with Gasteiger partial charge >= 0.3 is 0 Å². The second kappa shape index (κ2) is 8.46. The minimum atomic E-state index is -0.0867. The molecule has 0 aromatic heterocycles. The van der Waals surface area contributed by atoms with Gasteiger partial charge in [0, 0.05) is 37.3 Å². The lowest BCUT2D eigenvalue weighted by atomic mass is 9.88. The fraction of sp³-hybridized carbons (Fsp3) is 0.632. The van der Waals surface area contributed by atoms with Crippen molar-refractivity contribution in [2.45, 2.75) is 51.6 Å². The molecule has 0 aliphatic carbocycles. The Kier molecular flexibility index (Phi) is 6.60. The lowest BCUT2D eigenvalue weighted by Gasteiger charge is -2.40. The average molecular weight is 318 g/mol. The Bertz CT molecular complexity index is 483. The molecule has 1 aromatic carbocycles. The molecule has 1 saturated heterocycles. The number of carbonyl (C=O) groups is 1. The summed E-state index contributed by atoms with van der Waals surface area (Å²) in [6.45, 7) is 8.36. The molecule has 2 rings (SSSR count). The van der Waals surface area contributed by atoms with Gasteiger partial charge in [-0.25, -0.2) is 0 Å². The summed E-state index contributed by atoms with van der Waals surface area (Å²) >= 11 is 0. The summed E-state index contributed by atoms with van der Waals surface area (Å²) in [5.74, 6) is 0.214. The van der Waals surface area contributed by atoms with Crippen LogP contribution in [0.1, 0.15) is 51.6 Å². The van der Waals surface area contributed by atoms with Gasteiger partial charge in [0.05, 0.1) is 0 Å². The molecule has 23 heavy (non-hydrogen) atoms. The first-order valence-electron chi connectivity index (χ1n) is 8.74. The third-order valence-electron chi connectivity index (χ3n) is 4.93. The summed E-state index contributed by atoms with van der Waals surface area (Å²) in [7, 11) is 0. The highest BCUT2D eigenvalue weighted by atomic mass is 16.5. The molecule has 0 spiro atoms. The maximum Gasteiger partial charge on any atom is 0.222 e. The van der Waals surface area contributed by atoms with E-state index in [1.54, 1.807) is 0 Å². The van der Waals surface area contributed by atoms with Crippen LogP contribution in [0, 0.1) is 5.92 Å². The zero-order valence-electron chi connectivity index (χ0n) is 14.6. The Morgan fingerprint density at radius 1 is 1.22 bits per heavy atom. The normalized spacial score (nSPS) is 19.8. The highest BCUT2D eigenvalue weighted by Gasteiger charge is 2.34. The summed E-state index contributed by atoms with van der Waals surface area (Å²) in [6.07, 6.45) is 2.71. The standard InChI is InChI=1S/C19H30N2O2/c1-4-15(2)18(22)20-14-19(10-12-23-13-11-19)21-16(3)17-8-6-5-7-9-17/h5-9,15-16,21H,4,10-14H2,1-3H3,(H,20,22)/t15-,16+/m1/s1. The number of carbonyl (C=O) groups excluding carboxylic acids is 1. The summed E-state index contributed by atoms with van der Waals surface area (Å²) in [6, 6.07) is 10.7. The second-order valence-electron chi connectivity index (χ2n) is 6.70. The van der Waals surface area contributed by atoms with Crippen molar-refractivity contribution in [3.8, 4) is 0 Å². The minimum absolute atomic E-state index is 0.0680. The van der Waals surface area contributed by atoms with Crippen molar-refractivity contribution in [3.63, 3.8) is 0 Å². The molecule has 128 valence electrons. The van der Waals surface area contributed by atoms with Crippen molar-refractivity contribution in [1.29, 1.82) is 0 Å². The van der Waals surface area contributed by atoms with Crippen LogP contribution < -0.4 is 10.6 Å². The fourth-order valence-corrected chi connectivity index (χ4v) is 3.03. The van der Waals surface area contributed by atoms with Crippen molar-refractivity contribution >= 4 is 5.91 Å². The number of hydrogen-bond acceptors (Lipinski definition) is 3. The molecule has 1 heterocycles. The summed E-state index contributed by atoms with van der Waals surface area (Å²) in [4.78, 5) is 12.1. The third-order valence-corrected chi connectivity index (χ3v) is 4.93. The Labute approximate surface area is 140 Å². The average Bonchev–Trinajstić information content (AvgIpc) is 2.60. The van der Waals surface area contributed by atoms with E-state index in [2.05, 4.69) is 41.8 Å². The van der Waals surface area contributed by atoms with Crippen LogP contribution in [0.25, 0.3) is 0 Å². The number of ether oxygens (including phenoxy) is 1. The van der Waals surface area contributed by atoms with Crippen LogP contribution in [-0.4, -0.2) is 31.2 Å². The van der Waals surface area contributed by atoms with Crippen LogP contribution in [0.15, 0.2) is 30.3 Å². The number of benzene rings is 1. The first kappa shape index (κ1) is 18.0. The van der Waals surface area contributed by atoms with E-state index in [1.807, 2.05) is 19.9 Å². The van der Waals surface area contributed by atoms with E-state index in [9.17, 15) is 4.79 Å². The maximum atomic E-state index is 12.1. The topological polar surface area (TPSA) is 50.4 Å². The molecule has 1 aliphatic heterocycles. The highest BCUT2D eigenvalue weighted by Crippen LogP contribution is 2.25. The van der Waals surface area contributed by atoms with Gasteiger partial charge in [-0.3, -0.25) is 4.79 Å². The molecule has 0 bridgehead atoms. The number of hydrogen-bond donors (Lipinski definition) is 2. The molecule has 4 heteroatoms. The Morgan fingerprint density at radius 2 is 1.87 bits per heavy atom. The van der Waals surface area contributed by atoms with Gasteiger partial charge in [0.15, 0.2) is 0 Å². The smallest absolute Gasteiger partial charge is 0.222 e. The van der Waals surface area contributed by atoms with E-state index in [0.29, 0.717) is 6.54 Å². The van der Waals surface area contributed by atoms with Gasteiger partial charge in [0.25, 0.3) is 0 Å². The van der Waals surface area contributed by atoms with Crippen molar-refractivity contribution in [2.75, 3.05) is 19.8 Å². The largest absolute Gasteiger partial charge is 0.381 e. The fourth-order valence-electron chi connectivity index (χ4n) is 3.03. The SMILES string of the molecule is CC[C@@H](C)C(=O)NCC1(N[C@@H](C)c2ccccc2)CCOCC1. The Morgan fingerprint density at radius 3 is 2.48 bits per heavy atom. The lowest BCUT2D eigenvalue weighted by molar-refractivity contribution is -0.125. The number of nitrogens with one attached hydrogen (secondary N) is 2. The van der Waals surface area contributed by atoms with Gasteiger partial charge in [-0.1, -0.05) is 44.2 Å². The van der Waals surface area contributed by atoms with Gasteiger partial charge in [-0.05, 0) is 31.7 Å². The van der Waals surface area contributed by atoms with Crippen LogP contribution in [0.3, 0.4) is 0 Å². The third kappa shape index (κ3) is 5.05. The van der Waals surface area contributed by atoms with Gasteiger partial charge in [0.2, 0.25) is 5.91 Å². The predicted molar refractivity (Wildman–Crippen MR) is 93.2 cm³/mol. The van der Waals surface area contributed by atoms with Crippen LogP contribution in [0.2, 0.25) is 0 Å². The Balaban J connectivity index is 2.02. The first-order chi connectivity index (χ1) is 11.1. The molecule has 1 fully saturated rings. The van der Waals surface area contributed by atoms with Crippen molar-refractivity contribution in [1.82, 2.24) is 10.6 Å². The minimum Gasteiger partial charge on any atom is -0.381 e. The first-order valence-corrected chi connectivity index (χ1v) is 8.74.